The lowest BCUT2D eigenvalue weighted by atomic mass is 10.1. The molecule has 2 aromatic carbocycles. The van der Waals surface area contributed by atoms with E-state index in [0.717, 1.165) is 29.2 Å². The van der Waals surface area contributed by atoms with Crippen LogP contribution in [0, 0.1) is 0 Å². The highest BCUT2D eigenvalue weighted by atomic mass is 16.5. The van der Waals surface area contributed by atoms with E-state index in [1.807, 2.05) is 18.2 Å². The zero-order valence-corrected chi connectivity index (χ0v) is 13.0. The quantitative estimate of drug-likeness (QED) is 0.637. The molecule has 1 heterocycles. The molecule has 0 amide bonds. The molecule has 0 saturated heterocycles. The van der Waals surface area contributed by atoms with E-state index in [9.17, 15) is 4.79 Å². The van der Waals surface area contributed by atoms with Crippen LogP contribution in [0.4, 0.5) is 0 Å². The fraction of sp³-hybridized carbons (Fsp3) is 0.211. The summed E-state index contributed by atoms with van der Waals surface area (Å²) in [4.78, 5) is 12.2. The van der Waals surface area contributed by atoms with Gasteiger partial charge in [-0.25, -0.2) is 0 Å². The Morgan fingerprint density at radius 3 is 2.52 bits per heavy atom. The van der Waals surface area contributed by atoms with Gasteiger partial charge in [-0.1, -0.05) is 12.1 Å². The van der Waals surface area contributed by atoms with E-state index in [-0.39, 0.29) is 5.78 Å². The molecule has 0 aromatic heterocycles. The highest BCUT2D eigenvalue weighted by Gasteiger charge is 2.10. The van der Waals surface area contributed by atoms with Gasteiger partial charge >= 0.3 is 0 Å². The molecule has 0 bridgehead atoms. The molecule has 0 atom stereocenters. The number of rotatable bonds is 4. The Morgan fingerprint density at radius 1 is 1.04 bits per heavy atom. The van der Waals surface area contributed by atoms with Crippen LogP contribution in [-0.2, 0) is 0 Å². The third-order valence-corrected chi connectivity index (χ3v) is 3.57. The summed E-state index contributed by atoms with van der Waals surface area (Å²) in [6.07, 6.45) is 4.21. The smallest absolute Gasteiger partial charge is 0.185 e. The Morgan fingerprint density at radius 2 is 1.78 bits per heavy atom. The van der Waals surface area contributed by atoms with Crippen LogP contribution in [0.2, 0.25) is 0 Å². The van der Waals surface area contributed by atoms with Crippen molar-refractivity contribution >= 4 is 11.9 Å². The summed E-state index contributed by atoms with van der Waals surface area (Å²) >= 11 is 0. The van der Waals surface area contributed by atoms with Gasteiger partial charge < -0.3 is 14.2 Å². The SMILES string of the molecule is COc1ccc(C(=O)/C=C/c2ccc3c(c2)OCCCO3)cc1. The van der Waals surface area contributed by atoms with E-state index in [2.05, 4.69) is 0 Å². The standard InChI is InChI=1S/C19H18O4/c1-21-16-7-5-15(6-8-16)17(20)9-3-14-4-10-18-19(13-14)23-12-2-11-22-18/h3-10,13H,2,11-12H2,1H3/b9-3+. The number of hydrogen-bond donors (Lipinski definition) is 0. The number of hydrogen-bond acceptors (Lipinski definition) is 4. The summed E-state index contributed by atoms with van der Waals surface area (Å²) in [5.41, 5.74) is 1.52. The van der Waals surface area contributed by atoms with Crippen LogP contribution in [0.25, 0.3) is 6.08 Å². The van der Waals surface area contributed by atoms with Gasteiger partial charge in [-0.05, 0) is 48.0 Å². The lowest BCUT2D eigenvalue weighted by molar-refractivity contribution is 0.104. The minimum atomic E-state index is -0.0558. The van der Waals surface area contributed by atoms with Crippen molar-refractivity contribution in [2.75, 3.05) is 20.3 Å². The maximum Gasteiger partial charge on any atom is 0.185 e. The molecule has 4 heteroatoms. The first kappa shape index (κ1) is 15.2. The summed E-state index contributed by atoms with van der Waals surface area (Å²) in [6.45, 7) is 1.31. The van der Waals surface area contributed by atoms with Crippen LogP contribution < -0.4 is 14.2 Å². The largest absolute Gasteiger partial charge is 0.497 e. The molecule has 0 saturated carbocycles. The molecule has 3 rings (SSSR count). The minimum Gasteiger partial charge on any atom is -0.497 e. The maximum absolute atomic E-state index is 12.2. The number of benzene rings is 2. The van der Waals surface area contributed by atoms with Gasteiger partial charge in [0.25, 0.3) is 0 Å². The van der Waals surface area contributed by atoms with Gasteiger partial charge in [0.2, 0.25) is 0 Å². The van der Waals surface area contributed by atoms with Gasteiger partial charge in [0.05, 0.1) is 20.3 Å². The lowest BCUT2D eigenvalue weighted by Crippen LogP contribution is -1.97. The van der Waals surface area contributed by atoms with Gasteiger partial charge in [-0.15, -0.1) is 0 Å². The Kier molecular flexibility index (Phi) is 4.62. The average molecular weight is 310 g/mol. The predicted molar refractivity (Wildman–Crippen MR) is 88.4 cm³/mol. The number of carbonyl (C=O) groups is 1. The van der Waals surface area contributed by atoms with Crippen molar-refractivity contribution in [1.29, 1.82) is 0 Å². The normalized spacial score (nSPS) is 13.6. The second kappa shape index (κ2) is 7.01. The van der Waals surface area contributed by atoms with Crippen molar-refractivity contribution < 1.29 is 19.0 Å². The van der Waals surface area contributed by atoms with Crippen LogP contribution in [0.15, 0.2) is 48.5 Å². The summed E-state index contributed by atoms with van der Waals surface area (Å²) in [5, 5.41) is 0. The Hall–Kier alpha value is -2.75. The van der Waals surface area contributed by atoms with E-state index in [1.54, 1.807) is 43.5 Å². The van der Waals surface area contributed by atoms with E-state index < -0.39 is 0 Å². The maximum atomic E-state index is 12.2. The third kappa shape index (κ3) is 3.72. The zero-order chi connectivity index (χ0) is 16.1. The summed E-state index contributed by atoms with van der Waals surface area (Å²) in [6, 6.07) is 12.7. The highest BCUT2D eigenvalue weighted by Crippen LogP contribution is 2.30. The molecule has 0 spiro atoms. The van der Waals surface area contributed by atoms with E-state index in [4.69, 9.17) is 14.2 Å². The number of ketones is 1. The third-order valence-electron chi connectivity index (χ3n) is 3.57. The van der Waals surface area contributed by atoms with Crippen LogP contribution in [0.3, 0.4) is 0 Å². The van der Waals surface area contributed by atoms with E-state index in [1.165, 1.54) is 0 Å². The molecule has 118 valence electrons. The van der Waals surface area contributed by atoms with Crippen molar-refractivity contribution in [3.05, 3.63) is 59.7 Å². The molecule has 1 aliphatic heterocycles. The number of methoxy groups -OCH3 is 1. The molecular formula is C19H18O4. The fourth-order valence-electron chi connectivity index (χ4n) is 2.31. The van der Waals surface area contributed by atoms with Crippen molar-refractivity contribution in [1.82, 2.24) is 0 Å². The van der Waals surface area contributed by atoms with Crippen LogP contribution in [-0.4, -0.2) is 26.1 Å². The van der Waals surface area contributed by atoms with Gasteiger partial charge in [0, 0.05) is 12.0 Å². The molecule has 0 aliphatic carbocycles. The van der Waals surface area contributed by atoms with Gasteiger partial charge in [-0.3, -0.25) is 4.79 Å². The fourth-order valence-corrected chi connectivity index (χ4v) is 2.31. The Balaban J connectivity index is 1.74. The first-order valence-electron chi connectivity index (χ1n) is 7.52. The summed E-state index contributed by atoms with van der Waals surface area (Å²) < 4.78 is 16.3. The molecule has 0 radical (unpaired) electrons. The first-order valence-corrected chi connectivity index (χ1v) is 7.52. The minimum absolute atomic E-state index is 0.0558. The summed E-state index contributed by atoms with van der Waals surface area (Å²) in [5.74, 6) is 2.15. The molecule has 4 nitrogen and oxygen atoms in total. The Labute approximate surface area is 135 Å². The second-order valence-corrected chi connectivity index (χ2v) is 5.18. The van der Waals surface area contributed by atoms with Crippen molar-refractivity contribution in [3.8, 4) is 17.2 Å². The van der Waals surface area contributed by atoms with Gasteiger partial charge in [-0.2, -0.15) is 0 Å². The molecule has 0 N–H and O–H groups in total. The molecule has 2 aromatic rings. The molecule has 0 unspecified atom stereocenters. The van der Waals surface area contributed by atoms with Crippen LogP contribution in [0.5, 0.6) is 17.2 Å². The molecule has 1 aliphatic rings. The van der Waals surface area contributed by atoms with Crippen molar-refractivity contribution in [2.24, 2.45) is 0 Å². The number of allylic oxidation sites excluding steroid dienone is 1. The zero-order valence-electron chi connectivity index (χ0n) is 13.0. The van der Waals surface area contributed by atoms with Crippen molar-refractivity contribution in [2.45, 2.75) is 6.42 Å². The van der Waals surface area contributed by atoms with Crippen LogP contribution >= 0.6 is 0 Å². The highest BCUT2D eigenvalue weighted by molar-refractivity contribution is 6.06. The first-order chi connectivity index (χ1) is 11.3. The lowest BCUT2D eigenvalue weighted by Gasteiger charge is -2.07. The van der Waals surface area contributed by atoms with Crippen molar-refractivity contribution in [3.63, 3.8) is 0 Å². The monoisotopic (exact) mass is 310 g/mol. The topological polar surface area (TPSA) is 44.8 Å². The second-order valence-electron chi connectivity index (χ2n) is 5.18. The number of fused-ring (bicyclic) bond motifs is 1. The molecule has 0 fully saturated rings. The van der Waals surface area contributed by atoms with Crippen LogP contribution in [0.1, 0.15) is 22.3 Å². The van der Waals surface area contributed by atoms with Gasteiger partial charge in [0.15, 0.2) is 17.3 Å². The molecular weight excluding hydrogens is 292 g/mol. The Bertz CT molecular complexity index is 717. The molecule has 23 heavy (non-hydrogen) atoms. The number of ether oxygens (including phenoxy) is 3. The van der Waals surface area contributed by atoms with E-state index in [0.29, 0.717) is 18.8 Å². The predicted octanol–water partition coefficient (Wildman–Crippen LogP) is 3.75. The van der Waals surface area contributed by atoms with E-state index >= 15 is 0 Å². The number of carbonyl (C=O) groups excluding carboxylic acids is 1. The summed E-state index contributed by atoms with van der Waals surface area (Å²) in [7, 11) is 1.60. The average Bonchev–Trinajstić information content (AvgIpc) is 2.84. The van der Waals surface area contributed by atoms with Gasteiger partial charge in [0.1, 0.15) is 5.75 Å².